The molecule has 0 aliphatic rings. The molecule has 0 fully saturated rings. The number of carbonyl (C=O) groups is 1. The number of rotatable bonds is 3. The molecule has 0 unspecified atom stereocenters. The van der Waals surface area contributed by atoms with E-state index < -0.39 is 5.91 Å². The summed E-state index contributed by atoms with van der Waals surface area (Å²) in [6, 6.07) is 9.72. The minimum absolute atomic E-state index is 0.0220. The molecule has 0 bridgehead atoms. The van der Waals surface area contributed by atoms with Crippen LogP contribution in [-0.4, -0.2) is 17.2 Å². The highest BCUT2D eigenvalue weighted by Gasteiger charge is 2.10. The van der Waals surface area contributed by atoms with Gasteiger partial charge in [0.25, 0.3) is 5.91 Å². The average molecular weight is 293 g/mol. The van der Waals surface area contributed by atoms with E-state index in [4.69, 9.17) is 11.6 Å². The van der Waals surface area contributed by atoms with Gasteiger partial charge in [-0.3, -0.25) is 4.79 Å². The van der Waals surface area contributed by atoms with Gasteiger partial charge in [-0.15, -0.1) is 0 Å². The fourth-order valence-corrected chi connectivity index (χ4v) is 1.64. The molecule has 4 nitrogen and oxygen atoms in total. The summed E-state index contributed by atoms with van der Waals surface area (Å²) < 4.78 is 12.7. The van der Waals surface area contributed by atoms with Gasteiger partial charge in [-0.2, -0.15) is 5.10 Å². The Morgan fingerprint density at radius 3 is 2.65 bits per heavy atom. The SMILES string of the molecule is O=C(NN=Cc1ccc(F)cc1)c1cc(Cl)ccc1O. The molecule has 0 heterocycles. The molecule has 6 heteroatoms. The summed E-state index contributed by atoms with van der Waals surface area (Å²) in [6.45, 7) is 0. The number of nitrogens with zero attached hydrogens (tertiary/aromatic N) is 1. The normalized spacial score (nSPS) is 10.7. The van der Waals surface area contributed by atoms with Gasteiger partial charge < -0.3 is 5.11 Å². The molecule has 0 aliphatic heterocycles. The lowest BCUT2D eigenvalue weighted by Gasteiger charge is -2.03. The van der Waals surface area contributed by atoms with Gasteiger partial charge in [0, 0.05) is 5.02 Å². The molecule has 102 valence electrons. The number of aromatic hydroxyl groups is 1. The highest BCUT2D eigenvalue weighted by Crippen LogP contribution is 2.21. The fraction of sp³-hybridized carbons (Fsp3) is 0. The topological polar surface area (TPSA) is 61.7 Å². The number of amides is 1. The van der Waals surface area contributed by atoms with Gasteiger partial charge in [-0.25, -0.2) is 9.82 Å². The lowest BCUT2D eigenvalue weighted by Crippen LogP contribution is -2.17. The predicted molar refractivity (Wildman–Crippen MR) is 74.6 cm³/mol. The highest BCUT2D eigenvalue weighted by atomic mass is 35.5. The standard InChI is InChI=1S/C14H10ClFN2O2/c15-10-3-6-13(19)12(7-10)14(20)18-17-8-9-1-4-11(16)5-2-9/h1-8,19H,(H,18,20). The van der Waals surface area contributed by atoms with Crippen LogP contribution in [0, 0.1) is 5.82 Å². The van der Waals surface area contributed by atoms with Gasteiger partial charge >= 0.3 is 0 Å². The minimum Gasteiger partial charge on any atom is -0.507 e. The number of phenolic OH excluding ortho intramolecular Hbond substituents is 1. The maximum Gasteiger partial charge on any atom is 0.275 e. The number of benzene rings is 2. The summed E-state index contributed by atoms with van der Waals surface area (Å²) in [5, 5.41) is 13.6. The van der Waals surface area contributed by atoms with Gasteiger partial charge in [0.2, 0.25) is 0 Å². The monoisotopic (exact) mass is 292 g/mol. The summed E-state index contributed by atoms with van der Waals surface area (Å²) in [4.78, 5) is 11.8. The van der Waals surface area contributed by atoms with Crippen molar-refractivity contribution in [2.45, 2.75) is 0 Å². The summed E-state index contributed by atoms with van der Waals surface area (Å²) in [7, 11) is 0. The van der Waals surface area contributed by atoms with Crippen molar-refractivity contribution in [2.24, 2.45) is 5.10 Å². The average Bonchev–Trinajstić information content (AvgIpc) is 2.43. The molecule has 2 N–H and O–H groups in total. The van der Waals surface area contributed by atoms with Crippen molar-refractivity contribution in [3.63, 3.8) is 0 Å². The molecule has 0 aliphatic carbocycles. The van der Waals surface area contributed by atoms with Crippen LogP contribution in [0.5, 0.6) is 5.75 Å². The third-order valence-corrected chi connectivity index (χ3v) is 2.69. The number of hydrazone groups is 1. The van der Waals surface area contributed by atoms with E-state index >= 15 is 0 Å². The molecule has 0 aromatic heterocycles. The summed E-state index contributed by atoms with van der Waals surface area (Å²) in [6.07, 6.45) is 1.36. The highest BCUT2D eigenvalue weighted by molar-refractivity contribution is 6.31. The van der Waals surface area contributed by atoms with Crippen LogP contribution in [0.4, 0.5) is 4.39 Å². The molecule has 0 saturated carbocycles. The Labute approximate surface area is 119 Å². The first-order chi connectivity index (χ1) is 9.56. The van der Waals surface area contributed by atoms with Crippen LogP contribution in [0.25, 0.3) is 0 Å². The molecule has 1 amide bonds. The van der Waals surface area contributed by atoms with Crippen LogP contribution in [0.1, 0.15) is 15.9 Å². The molecule has 0 spiro atoms. The molecule has 2 rings (SSSR count). The van der Waals surface area contributed by atoms with E-state index in [2.05, 4.69) is 10.5 Å². The van der Waals surface area contributed by atoms with E-state index in [9.17, 15) is 14.3 Å². The van der Waals surface area contributed by atoms with Gasteiger partial charge in [-0.05, 0) is 35.9 Å². The Balaban J connectivity index is 2.05. The quantitative estimate of drug-likeness (QED) is 0.675. The third kappa shape index (κ3) is 3.55. The van der Waals surface area contributed by atoms with Crippen LogP contribution in [0.2, 0.25) is 5.02 Å². The van der Waals surface area contributed by atoms with E-state index in [0.717, 1.165) is 0 Å². The Morgan fingerprint density at radius 1 is 1.25 bits per heavy atom. The molecular weight excluding hydrogens is 283 g/mol. The zero-order chi connectivity index (χ0) is 14.5. The van der Waals surface area contributed by atoms with E-state index in [1.165, 1.54) is 48.7 Å². The van der Waals surface area contributed by atoms with Crippen molar-refractivity contribution < 1.29 is 14.3 Å². The maximum atomic E-state index is 12.7. The number of halogens is 2. The molecule has 20 heavy (non-hydrogen) atoms. The van der Waals surface area contributed by atoms with Crippen LogP contribution < -0.4 is 5.43 Å². The van der Waals surface area contributed by atoms with Crippen LogP contribution >= 0.6 is 11.6 Å². The minimum atomic E-state index is -0.594. The van der Waals surface area contributed by atoms with Crippen LogP contribution in [0.15, 0.2) is 47.6 Å². The number of carbonyl (C=O) groups excluding carboxylic acids is 1. The molecule has 0 radical (unpaired) electrons. The number of nitrogens with one attached hydrogen (secondary N) is 1. The van der Waals surface area contributed by atoms with E-state index in [-0.39, 0.29) is 17.1 Å². The largest absolute Gasteiger partial charge is 0.507 e. The second kappa shape index (κ2) is 6.16. The van der Waals surface area contributed by atoms with Crippen molar-refractivity contribution in [3.05, 3.63) is 64.4 Å². The Kier molecular flexibility index (Phi) is 4.32. The van der Waals surface area contributed by atoms with E-state index in [1.54, 1.807) is 0 Å². The van der Waals surface area contributed by atoms with Crippen molar-refractivity contribution in [1.82, 2.24) is 5.43 Å². The lowest BCUT2D eigenvalue weighted by molar-refractivity contribution is 0.0952. The first kappa shape index (κ1) is 14.0. The Hall–Kier alpha value is -2.40. The smallest absolute Gasteiger partial charge is 0.275 e. The number of hydrogen-bond acceptors (Lipinski definition) is 3. The van der Waals surface area contributed by atoms with Crippen molar-refractivity contribution >= 4 is 23.7 Å². The second-order valence-corrected chi connectivity index (χ2v) is 4.35. The van der Waals surface area contributed by atoms with Gasteiger partial charge in [0.1, 0.15) is 11.6 Å². The molecule has 0 atom stereocenters. The zero-order valence-electron chi connectivity index (χ0n) is 10.2. The number of hydrogen-bond donors (Lipinski definition) is 2. The third-order valence-electron chi connectivity index (χ3n) is 2.45. The Morgan fingerprint density at radius 2 is 1.95 bits per heavy atom. The first-order valence-electron chi connectivity index (χ1n) is 5.64. The van der Waals surface area contributed by atoms with Crippen molar-refractivity contribution in [3.8, 4) is 5.75 Å². The van der Waals surface area contributed by atoms with Crippen LogP contribution in [0.3, 0.4) is 0 Å². The molecule has 0 saturated heterocycles. The molecule has 2 aromatic rings. The zero-order valence-corrected chi connectivity index (χ0v) is 10.9. The summed E-state index contributed by atoms with van der Waals surface area (Å²) in [5.74, 6) is -1.14. The van der Waals surface area contributed by atoms with Crippen molar-refractivity contribution in [1.29, 1.82) is 0 Å². The number of phenols is 1. The first-order valence-corrected chi connectivity index (χ1v) is 6.01. The second-order valence-electron chi connectivity index (χ2n) is 3.91. The fourth-order valence-electron chi connectivity index (χ4n) is 1.46. The summed E-state index contributed by atoms with van der Waals surface area (Å²) in [5.41, 5.74) is 2.90. The Bertz CT molecular complexity index is 657. The van der Waals surface area contributed by atoms with E-state index in [1.807, 2.05) is 0 Å². The van der Waals surface area contributed by atoms with Gasteiger partial charge in [-0.1, -0.05) is 23.7 Å². The van der Waals surface area contributed by atoms with Gasteiger partial charge in [0.05, 0.1) is 11.8 Å². The van der Waals surface area contributed by atoms with E-state index in [0.29, 0.717) is 10.6 Å². The predicted octanol–water partition coefficient (Wildman–Crippen LogP) is 2.95. The summed E-state index contributed by atoms with van der Waals surface area (Å²) >= 11 is 5.74. The molecule has 2 aromatic carbocycles. The maximum absolute atomic E-state index is 12.7. The lowest BCUT2D eigenvalue weighted by atomic mass is 10.2. The van der Waals surface area contributed by atoms with Crippen molar-refractivity contribution in [2.75, 3.05) is 0 Å². The van der Waals surface area contributed by atoms with Gasteiger partial charge in [0.15, 0.2) is 0 Å². The molecular formula is C14H10ClFN2O2. The van der Waals surface area contributed by atoms with Crippen LogP contribution in [-0.2, 0) is 0 Å².